The van der Waals surface area contributed by atoms with Crippen LogP contribution in [0, 0.1) is 0 Å². The second kappa shape index (κ2) is 24.4. The molecule has 1 aliphatic heterocycles. The van der Waals surface area contributed by atoms with Crippen molar-refractivity contribution in [3.05, 3.63) is 35.9 Å². The zero-order valence-electron chi connectivity index (χ0n) is 28.2. The van der Waals surface area contributed by atoms with Gasteiger partial charge in [0.15, 0.2) is 0 Å². The average Bonchev–Trinajstić information content (AvgIpc) is 3.06. The number of benzene rings is 1. The molecule has 0 aromatic heterocycles. The fourth-order valence-corrected chi connectivity index (χ4v) is 5.24. The first-order valence-corrected chi connectivity index (χ1v) is 17.3. The monoisotopic (exact) mass is 639 g/mol. The molecule has 0 saturated carbocycles. The van der Waals surface area contributed by atoms with Gasteiger partial charge in [0, 0.05) is 26.4 Å². The Bertz CT molecular complexity index is 861. The number of unbranched alkanes of at least 4 members (excludes halogenated alkanes) is 4. The Morgan fingerprint density at radius 3 is 1.96 bits per heavy atom. The smallest absolute Gasteiger partial charge is 0.407 e. The normalized spacial score (nSPS) is 23.0. The lowest BCUT2D eigenvalue weighted by molar-refractivity contribution is -0.267. The van der Waals surface area contributed by atoms with Gasteiger partial charge in [-0.2, -0.15) is 0 Å². The standard InChI is InChI=1S/C35H61NO9/c1-5-9-20-40-26-31-33(42-22-11-7-3)34(43-23-12-8-4)32(41-21-10-6-2)30(45-31)19-18-28(29(38)24-37)36-35(39)44-25-27-16-14-13-15-17-27/h13-17,28-34,37-38H,5-12,18-26H2,1-4H3,(H,36,39)/t28-,29+,30+,31?,32?,33-,34+/m0/s1. The Labute approximate surface area is 271 Å². The van der Waals surface area contributed by atoms with Crippen molar-refractivity contribution >= 4 is 6.09 Å². The Balaban J connectivity index is 2.24. The summed E-state index contributed by atoms with van der Waals surface area (Å²) in [7, 11) is 0. The van der Waals surface area contributed by atoms with Crippen LogP contribution < -0.4 is 5.32 Å². The first-order chi connectivity index (χ1) is 22.0. The molecular formula is C35H61NO9. The van der Waals surface area contributed by atoms with Gasteiger partial charge in [0.2, 0.25) is 0 Å². The molecule has 2 rings (SSSR count). The molecule has 0 spiro atoms. The Hall–Kier alpha value is -1.79. The molecule has 1 aromatic carbocycles. The van der Waals surface area contributed by atoms with E-state index in [0.717, 1.165) is 56.9 Å². The highest BCUT2D eigenvalue weighted by Crippen LogP contribution is 2.32. The van der Waals surface area contributed by atoms with E-state index in [1.54, 1.807) is 0 Å². The minimum absolute atomic E-state index is 0.101. The van der Waals surface area contributed by atoms with Crippen LogP contribution in [0.3, 0.4) is 0 Å². The summed E-state index contributed by atoms with van der Waals surface area (Å²) in [6.45, 7) is 10.9. The van der Waals surface area contributed by atoms with E-state index in [0.29, 0.717) is 45.9 Å². The van der Waals surface area contributed by atoms with Gasteiger partial charge in [-0.05, 0) is 44.1 Å². The number of alkyl carbamates (subject to hydrolysis) is 1. The summed E-state index contributed by atoms with van der Waals surface area (Å²) in [5.41, 5.74) is 0.853. The number of aliphatic hydroxyl groups is 2. The van der Waals surface area contributed by atoms with E-state index >= 15 is 0 Å². The van der Waals surface area contributed by atoms with E-state index in [2.05, 4.69) is 33.0 Å². The predicted molar refractivity (Wildman–Crippen MR) is 174 cm³/mol. The summed E-state index contributed by atoms with van der Waals surface area (Å²) in [5.74, 6) is 0. The number of aliphatic hydroxyl groups excluding tert-OH is 2. The first kappa shape index (κ1) is 39.4. The second-order valence-electron chi connectivity index (χ2n) is 11.8. The number of ether oxygens (including phenoxy) is 6. The highest BCUT2D eigenvalue weighted by Gasteiger charge is 2.48. The SMILES string of the molecule is CCCCOCC1O[C@H](CC[C@H](NC(=O)OCc2ccccc2)[C@H](O)CO)C(OCCCC)[C@@H](OCCCC)[C@H]1OCCCC. The quantitative estimate of drug-likeness (QED) is 0.118. The van der Waals surface area contributed by atoms with Crippen molar-refractivity contribution in [2.45, 2.75) is 141 Å². The third-order valence-corrected chi connectivity index (χ3v) is 8.01. The number of carbonyl (C=O) groups is 1. The van der Waals surface area contributed by atoms with E-state index in [-0.39, 0.29) is 24.9 Å². The lowest BCUT2D eigenvalue weighted by Crippen LogP contribution is -2.61. The molecule has 7 atom stereocenters. The van der Waals surface area contributed by atoms with Crippen LogP contribution in [0.2, 0.25) is 0 Å². The molecule has 10 nitrogen and oxygen atoms in total. The van der Waals surface area contributed by atoms with Crippen molar-refractivity contribution in [2.24, 2.45) is 0 Å². The largest absolute Gasteiger partial charge is 0.445 e. The van der Waals surface area contributed by atoms with Gasteiger partial charge in [-0.1, -0.05) is 83.7 Å². The van der Waals surface area contributed by atoms with Crippen LogP contribution in [0.4, 0.5) is 4.79 Å². The zero-order chi connectivity index (χ0) is 32.7. The van der Waals surface area contributed by atoms with Gasteiger partial charge in [-0.15, -0.1) is 0 Å². The van der Waals surface area contributed by atoms with Gasteiger partial charge < -0.3 is 44.0 Å². The van der Waals surface area contributed by atoms with Gasteiger partial charge in [0.25, 0.3) is 0 Å². The molecule has 1 aliphatic rings. The maximum absolute atomic E-state index is 12.7. The summed E-state index contributed by atoms with van der Waals surface area (Å²) < 4.78 is 37.7. The Morgan fingerprint density at radius 1 is 0.822 bits per heavy atom. The molecule has 1 fully saturated rings. The third kappa shape index (κ3) is 15.1. The highest BCUT2D eigenvalue weighted by atomic mass is 16.6. The molecule has 1 heterocycles. The number of hydrogen-bond acceptors (Lipinski definition) is 9. The summed E-state index contributed by atoms with van der Waals surface area (Å²) in [4.78, 5) is 12.7. The molecule has 260 valence electrons. The van der Waals surface area contributed by atoms with Gasteiger partial charge >= 0.3 is 6.09 Å². The van der Waals surface area contributed by atoms with Crippen LogP contribution in [0.25, 0.3) is 0 Å². The van der Waals surface area contributed by atoms with Crippen LogP contribution in [0.5, 0.6) is 0 Å². The fourth-order valence-electron chi connectivity index (χ4n) is 5.24. The van der Waals surface area contributed by atoms with Crippen LogP contribution in [0.15, 0.2) is 30.3 Å². The maximum Gasteiger partial charge on any atom is 0.407 e. The second-order valence-corrected chi connectivity index (χ2v) is 11.8. The molecule has 0 radical (unpaired) electrons. The predicted octanol–water partition coefficient (Wildman–Crippen LogP) is 5.55. The molecule has 3 N–H and O–H groups in total. The third-order valence-electron chi connectivity index (χ3n) is 8.01. The number of amides is 1. The number of hydrogen-bond donors (Lipinski definition) is 3. The number of carbonyl (C=O) groups excluding carboxylic acids is 1. The van der Waals surface area contributed by atoms with E-state index in [1.807, 2.05) is 30.3 Å². The summed E-state index contributed by atoms with van der Waals surface area (Å²) in [5, 5.41) is 23.2. The van der Waals surface area contributed by atoms with Gasteiger partial charge in [-0.3, -0.25) is 0 Å². The van der Waals surface area contributed by atoms with Crippen molar-refractivity contribution in [2.75, 3.05) is 39.6 Å². The molecule has 0 bridgehead atoms. The topological polar surface area (TPSA) is 125 Å². The van der Waals surface area contributed by atoms with Gasteiger partial charge in [0.05, 0.1) is 31.5 Å². The Morgan fingerprint density at radius 2 is 1.38 bits per heavy atom. The lowest BCUT2D eigenvalue weighted by atomic mass is 9.90. The molecule has 10 heteroatoms. The highest BCUT2D eigenvalue weighted by molar-refractivity contribution is 5.67. The Kier molecular flexibility index (Phi) is 21.4. The average molecular weight is 640 g/mol. The lowest BCUT2D eigenvalue weighted by Gasteiger charge is -2.46. The summed E-state index contributed by atoms with van der Waals surface area (Å²) in [6.07, 6.45) is 4.78. The van der Waals surface area contributed by atoms with Crippen molar-refractivity contribution in [3.63, 3.8) is 0 Å². The van der Waals surface area contributed by atoms with E-state index < -0.39 is 37.1 Å². The molecule has 1 amide bonds. The zero-order valence-corrected chi connectivity index (χ0v) is 28.2. The minimum atomic E-state index is -1.17. The molecular weight excluding hydrogens is 578 g/mol. The first-order valence-electron chi connectivity index (χ1n) is 17.3. The van der Waals surface area contributed by atoms with E-state index in [4.69, 9.17) is 28.4 Å². The van der Waals surface area contributed by atoms with Crippen LogP contribution in [0.1, 0.15) is 97.5 Å². The fraction of sp³-hybridized carbons (Fsp3) is 0.800. The van der Waals surface area contributed by atoms with Crippen LogP contribution >= 0.6 is 0 Å². The van der Waals surface area contributed by atoms with E-state index in [1.165, 1.54) is 0 Å². The molecule has 2 unspecified atom stereocenters. The van der Waals surface area contributed by atoms with Crippen molar-refractivity contribution in [1.29, 1.82) is 0 Å². The minimum Gasteiger partial charge on any atom is -0.445 e. The van der Waals surface area contributed by atoms with Gasteiger partial charge in [-0.25, -0.2) is 4.79 Å². The number of rotatable bonds is 25. The summed E-state index contributed by atoms with van der Waals surface area (Å²) >= 11 is 0. The van der Waals surface area contributed by atoms with Crippen LogP contribution in [-0.4, -0.2) is 98.6 Å². The maximum atomic E-state index is 12.7. The van der Waals surface area contributed by atoms with E-state index in [9.17, 15) is 15.0 Å². The van der Waals surface area contributed by atoms with Crippen molar-refractivity contribution in [3.8, 4) is 0 Å². The van der Waals surface area contributed by atoms with Gasteiger partial charge in [0.1, 0.15) is 31.0 Å². The molecule has 45 heavy (non-hydrogen) atoms. The van der Waals surface area contributed by atoms with Crippen LogP contribution in [-0.2, 0) is 35.0 Å². The molecule has 1 saturated heterocycles. The number of nitrogens with one attached hydrogen (secondary N) is 1. The molecule has 1 aromatic rings. The summed E-state index contributed by atoms with van der Waals surface area (Å²) in [6, 6.07) is 8.62. The molecule has 0 aliphatic carbocycles. The van der Waals surface area contributed by atoms with Crippen molar-refractivity contribution < 1.29 is 43.4 Å². The van der Waals surface area contributed by atoms with Crippen molar-refractivity contribution in [1.82, 2.24) is 5.32 Å².